The zero-order valence-electron chi connectivity index (χ0n) is 11.8. The number of Topliss-reactive ketones (excluding diaryl/α,β-unsaturated/α-hetero) is 1. The van der Waals surface area contributed by atoms with Gasteiger partial charge in [-0.15, -0.1) is 0 Å². The standard InChI is InChI=1S/C15H16N4O/c1-11(20)13-4-12(7-19-10-17-9-18-19)5-14(6-13)15(2,3)8-16/h4-6,9-10H,7H2,1-3H3. The molecule has 0 spiro atoms. The topological polar surface area (TPSA) is 71.6 Å². The van der Waals surface area contributed by atoms with Gasteiger partial charge in [-0.1, -0.05) is 6.07 Å². The van der Waals surface area contributed by atoms with Gasteiger partial charge in [0.25, 0.3) is 0 Å². The number of ketones is 1. The van der Waals surface area contributed by atoms with E-state index in [0.29, 0.717) is 12.1 Å². The number of hydrogen-bond acceptors (Lipinski definition) is 4. The summed E-state index contributed by atoms with van der Waals surface area (Å²) in [5.41, 5.74) is 1.74. The normalized spacial score (nSPS) is 11.1. The Balaban J connectivity index is 2.47. The number of aromatic nitrogens is 3. The minimum Gasteiger partial charge on any atom is -0.295 e. The Labute approximate surface area is 117 Å². The lowest BCUT2D eigenvalue weighted by Gasteiger charge is -2.18. The minimum atomic E-state index is -0.636. The summed E-state index contributed by atoms with van der Waals surface area (Å²) in [7, 11) is 0. The maximum atomic E-state index is 11.6. The molecule has 0 bridgehead atoms. The number of rotatable bonds is 4. The van der Waals surface area contributed by atoms with E-state index in [0.717, 1.165) is 11.1 Å². The van der Waals surface area contributed by atoms with Gasteiger partial charge in [0.15, 0.2) is 5.78 Å². The smallest absolute Gasteiger partial charge is 0.159 e. The van der Waals surface area contributed by atoms with E-state index in [-0.39, 0.29) is 5.78 Å². The summed E-state index contributed by atoms with van der Waals surface area (Å²) in [4.78, 5) is 15.5. The molecule has 20 heavy (non-hydrogen) atoms. The minimum absolute atomic E-state index is 0.0135. The second-order valence-corrected chi connectivity index (χ2v) is 5.30. The van der Waals surface area contributed by atoms with Crippen LogP contribution in [0.5, 0.6) is 0 Å². The van der Waals surface area contributed by atoms with Crippen molar-refractivity contribution in [3.05, 3.63) is 47.5 Å². The molecule has 0 aliphatic rings. The van der Waals surface area contributed by atoms with Gasteiger partial charge in [0, 0.05) is 5.56 Å². The van der Waals surface area contributed by atoms with E-state index in [4.69, 9.17) is 0 Å². The Morgan fingerprint density at radius 3 is 2.70 bits per heavy atom. The SMILES string of the molecule is CC(=O)c1cc(Cn2cncn2)cc(C(C)(C)C#N)c1. The van der Waals surface area contributed by atoms with E-state index in [2.05, 4.69) is 16.2 Å². The van der Waals surface area contributed by atoms with Crippen molar-refractivity contribution in [1.82, 2.24) is 14.8 Å². The van der Waals surface area contributed by atoms with E-state index < -0.39 is 5.41 Å². The molecule has 0 unspecified atom stereocenters. The van der Waals surface area contributed by atoms with E-state index in [1.165, 1.54) is 13.3 Å². The number of nitriles is 1. The number of carbonyl (C=O) groups is 1. The van der Waals surface area contributed by atoms with Crippen molar-refractivity contribution in [2.45, 2.75) is 32.7 Å². The Kier molecular flexibility index (Phi) is 3.66. The summed E-state index contributed by atoms with van der Waals surface area (Å²) in [6, 6.07) is 7.83. The summed E-state index contributed by atoms with van der Waals surface area (Å²) in [6.07, 6.45) is 3.09. The average molecular weight is 268 g/mol. The predicted molar refractivity (Wildman–Crippen MR) is 74.2 cm³/mol. The Bertz CT molecular complexity index is 666. The third-order valence-electron chi connectivity index (χ3n) is 3.21. The highest BCUT2D eigenvalue weighted by Gasteiger charge is 2.21. The number of nitrogens with zero attached hydrogens (tertiary/aromatic N) is 4. The quantitative estimate of drug-likeness (QED) is 0.798. The van der Waals surface area contributed by atoms with Gasteiger partial charge in [-0.2, -0.15) is 10.4 Å². The molecule has 5 nitrogen and oxygen atoms in total. The summed E-state index contributed by atoms with van der Waals surface area (Å²) in [6.45, 7) is 5.73. The van der Waals surface area contributed by atoms with Crippen LogP contribution < -0.4 is 0 Å². The van der Waals surface area contributed by atoms with Gasteiger partial charge in [0.1, 0.15) is 12.7 Å². The Hall–Kier alpha value is -2.48. The second-order valence-electron chi connectivity index (χ2n) is 5.30. The van der Waals surface area contributed by atoms with Gasteiger partial charge < -0.3 is 0 Å². The third-order valence-corrected chi connectivity index (χ3v) is 3.21. The third kappa shape index (κ3) is 2.91. The molecule has 102 valence electrons. The van der Waals surface area contributed by atoms with Crippen LogP contribution in [-0.4, -0.2) is 20.5 Å². The van der Waals surface area contributed by atoms with Crippen molar-refractivity contribution < 1.29 is 4.79 Å². The van der Waals surface area contributed by atoms with Crippen molar-refractivity contribution >= 4 is 5.78 Å². The first-order chi connectivity index (χ1) is 9.42. The molecule has 0 saturated carbocycles. The molecule has 0 aliphatic carbocycles. The molecule has 1 aromatic heterocycles. The monoisotopic (exact) mass is 268 g/mol. The van der Waals surface area contributed by atoms with Crippen molar-refractivity contribution in [2.75, 3.05) is 0 Å². The van der Waals surface area contributed by atoms with Crippen LogP contribution in [-0.2, 0) is 12.0 Å². The highest BCUT2D eigenvalue weighted by atomic mass is 16.1. The zero-order valence-corrected chi connectivity index (χ0v) is 11.8. The van der Waals surface area contributed by atoms with Crippen molar-refractivity contribution in [3.63, 3.8) is 0 Å². The van der Waals surface area contributed by atoms with Crippen LogP contribution in [0, 0.1) is 11.3 Å². The molecule has 0 amide bonds. The van der Waals surface area contributed by atoms with Crippen LogP contribution in [0.1, 0.15) is 42.3 Å². The molecule has 0 atom stereocenters. The molecule has 0 radical (unpaired) electrons. The summed E-state index contributed by atoms with van der Waals surface area (Å²) >= 11 is 0. The molecule has 1 heterocycles. The van der Waals surface area contributed by atoms with E-state index >= 15 is 0 Å². The molecule has 2 rings (SSSR count). The lowest BCUT2D eigenvalue weighted by atomic mass is 9.84. The molecular weight excluding hydrogens is 252 g/mol. The maximum Gasteiger partial charge on any atom is 0.159 e. The van der Waals surface area contributed by atoms with E-state index in [1.54, 1.807) is 17.1 Å². The zero-order chi connectivity index (χ0) is 14.8. The highest BCUT2D eigenvalue weighted by molar-refractivity contribution is 5.94. The van der Waals surface area contributed by atoms with Gasteiger partial charge in [-0.3, -0.25) is 4.79 Å². The Morgan fingerprint density at radius 1 is 1.40 bits per heavy atom. The van der Waals surface area contributed by atoms with Gasteiger partial charge >= 0.3 is 0 Å². The van der Waals surface area contributed by atoms with Crippen molar-refractivity contribution in [3.8, 4) is 6.07 Å². The molecule has 0 fully saturated rings. The van der Waals surface area contributed by atoms with Crippen LogP contribution in [0.3, 0.4) is 0 Å². The van der Waals surface area contributed by atoms with E-state index in [9.17, 15) is 10.1 Å². The number of hydrogen-bond donors (Lipinski definition) is 0. The van der Waals surface area contributed by atoms with Crippen molar-refractivity contribution in [2.24, 2.45) is 0 Å². The summed E-state index contributed by atoms with van der Waals surface area (Å²) < 4.78 is 1.68. The molecule has 5 heteroatoms. The van der Waals surface area contributed by atoms with Crippen LogP contribution in [0.4, 0.5) is 0 Å². The van der Waals surface area contributed by atoms with Gasteiger partial charge in [-0.25, -0.2) is 9.67 Å². The number of carbonyl (C=O) groups excluding carboxylic acids is 1. The van der Waals surface area contributed by atoms with Crippen LogP contribution in [0.25, 0.3) is 0 Å². The molecule has 1 aromatic carbocycles. The van der Waals surface area contributed by atoms with Crippen LogP contribution in [0.15, 0.2) is 30.9 Å². The summed E-state index contributed by atoms with van der Waals surface area (Å²) in [5.74, 6) is -0.0135. The van der Waals surface area contributed by atoms with Crippen LogP contribution >= 0.6 is 0 Å². The predicted octanol–water partition coefficient (Wildman–Crippen LogP) is 2.33. The van der Waals surface area contributed by atoms with Gasteiger partial charge in [0.2, 0.25) is 0 Å². The molecule has 0 saturated heterocycles. The highest BCUT2D eigenvalue weighted by Crippen LogP contribution is 2.25. The lowest BCUT2D eigenvalue weighted by molar-refractivity contribution is 0.101. The lowest BCUT2D eigenvalue weighted by Crippen LogP contribution is -2.16. The fraction of sp³-hybridized carbons (Fsp3) is 0.333. The van der Waals surface area contributed by atoms with E-state index in [1.807, 2.05) is 26.0 Å². The fourth-order valence-corrected chi connectivity index (χ4v) is 1.91. The largest absolute Gasteiger partial charge is 0.295 e. The first kappa shape index (κ1) is 13.9. The van der Waals surface area contributed by atoms with Crippen molar-refractivity contribution in [1.29, 1.82) is 5.26 Å². The first-order valence-corrected chi connectivity index (χ1v) is 6.31. The molecule has 0 aliphatic heterocycles. The number of benzene rings is 1. The Morgan fingerprint density at radius 2 is 2.15 bits per heavy atom. The fourth-order valence-electron chi connectivity index (χ4n) is 1.91. The molecule has 2 aromatic rings. The summed E-state index contributed by atoms with van der Waals surface area (Å²) in [5, 5.41) is 13.3. The van der Waals surface area contributed by atoms with Gasteiger partial charge in [0.05, 0.1) is 18.0 Å². The molecule has 0 N–H and O–H groups in total. The average Bonchev–Trinajstić information content (AvgIpc) is 2.91. The van der Waals surface area contributed by atoms with Crippen LogP contribution in [0.2, 0.25) is 0 Å². The first-order valence-electron chi connectivity index (χ1n) is 6.31. The maximum absolute atomic E-state index is 11.6. The van der Waals surface area contributed by atoms with Gasteiger partial charge in [-0.05, 0) is 44.0 Å². The second kappa shape index (κ2) is 5.25. The molecular formula is C15H16N4O.